The highest BCUT2D eigenvalue weighted by atomic mass is 16.2. The van der Waals surface area contributed by atoms with E-state index in [2.05, 4.69) is 20.6 Å². The number of anilines is 1. The van der Waals surface area contributed by atoms with Crippen molar-refractivity contribution < 1.29 is 4.79 Å². The molecule has 100 valence electrons. The molecule has 0 aliphatic rings. The minimum atomic E-state index is -0.221. The Morgan fingerprint density at radius 2 is 2.21 bits per heavy atom. The van der Waals surface area contributed by atoms with Gasteiger partial charge in [0.25, 0.3) is 0 Å². The first-order chi connectivity index (χ1) is 9.34. The van der Waals surface area contributed by atoms with Crippen molar-refractivity contribution in [2.45, 2.75) is 19.4 Å². The molecule has 0 aliphatic carbocycles. The fourth-order valence-electron chi connectivity index (χ4n) is 1.64. The number of pyridine rings is 1. The predicted molar refractivity (Wildman–Crippen MR) is 72.7 cm³/mol. The van der Waals surface area contributed by atoms with Gasteiger partial charge in [-0.15, -0.1) is 0 Å². The summed E-state index contributed by atoms with van der Waals surface area (Å²) in [7, 11) is 0. The van der Waals surface area contributed by atoms with Gasteiger partial charge in [-0.25, -0.2) is 14.8 Å². The number of hydrogen-bond acceptors (Lipinski definition) is 3. The molecule has 0 radical (unpaired) electrons. The summed E-state index contributed by atoms with van der Waals surface area (Å²) >= 11 is 0. The SMILES string of the molecule is O=C(NCCCCn1ccnc1)Nc1ccccn1. The summed E-state index contributed by atoms with van der Waals surface area (Å²) < 4.78 is 2.02. The van der Waals surface area contributed by atoms with Crippen LogP contribution in [0.4, 0.5) is 10.6 Å². The smallest absolute Gasteiger partial charge is 0.320 e. The van der Waals surface area contributed by atoms with Crippen LogP contribution in [0.25, 0.3) is 0 Å². The van der Waals surface area contributed by atoms with Crippen LogP contribution in [-0.2, 0) is 6.54 Å². The number of aryl methyl sites for hydroxylation is 1. The lowest BCUT2D eigenvalue weighted by Crippen LogP contribution is -2.29. The molecule has 0 fully saturated rings. The van der Waals surface area contributed by atoms with Crippen LogP contribution in [0.1, 0.15) is 12.8 Å². The molecule has 0 bridgehead atoms. The fraction of sp³-hybridized carbons (Fsp3) is 0.308. The first-order valence-corrected chi connectivity index (χ1v) is 6.26. The molecule has 0 unspecified atom stereocenters. The number of amides is 2. The Labute approximate surface area is 111 Å². The molecular formula is C13H17N5O. The monoisotopic (exact) mass is 259 g/mol. The van der Waals surface area contributed by atoms with Crippen molar-refractivity contribution in [2.24, 2.45) is 0 Å². The van der Waals surface area contributed by atoms with Crippen molar-refractivity contribution in [1.82, 2.24) is 19.9 Å². The van der Waals surface area contributed by atoms with Crippen LogP contribution in [0.5, 0.6) is 0 Å². The van der Waals surface area contributed by atoms with Gasteiger partial charge >= 0.3 is 6.03 Å². The average Bonchev–Trinajstić information content (AvgIpc) is 2.92. The van der Waals surface area contributed by atoms with Crippen LogP contribution >= 0.6 is 0 Å². The second kappa shape index (κ2) is 7.15. The highest BCUT2D eigenvalue weighted by Crippen LogP contribution is 1.99. The van der Waals surface area contributed by atoms with Gasteiger partial charge in [0, 0.05) is 31.7 Å². The molecule has 6 nitrogen and oxygen atoms in total. The van der Waals surface area contributed by atoms with Gasteiger partial charge in [0.05, 0.1) is 6.33 Å². The Bertz CT molecular complexity index is 483. The van der Waals surface area contributed by atoms with Crippen LogP contribution < -0.4 is 10.6 Å². The molecule has 0 saturated heterocycles. The summed E-state index contributed by atoms with van der Waals surface area (Å²) in [6.45, 7) is 1.57. The van der Waals surface area contributed by atoms with Gasteiger partial charge in [-0.05, 0) is 25.0 Å². The van der Waals surface area contributed by atoms with Gasteiger partial charge in [0.15, 0.2) is 0 Å². The molecule has 0 aliphatic heterocycles. The number of aromatic nitrogens is 3. The van der Waals surface area contributed by atoms with Crippen LogP contribution in [-0.4, -0.2) is 27.1 Å². The molecule has 6 heteroatoms. The summed E-state index contributed by atoms with van der Waals surface area (Å²) in [4.78, 5) is 19.5. The Kier molecular flexibility index (Phi) is 4.92. The van der Waals surface area contributed by atoms with Gasteiger partial charge in [-0.3, -0.25) is 5.32 Å². The minimum absolute atomic E-state index is 0.221. The van der Waals surface area contributed by atoms with E-state index in [1.165, 1.54) is 0 Å². The van der Waals surface area contributed by atoms with Gasteiger partial charge in [0.2, 0.25) is 0 Å². The second-order valence-corrected chi connectivity index (χ2v) is 4.10. The summed E-state index contributed by atoms with van der Waals surface area (Å²) in [5.74, 6) is 0.554. The van der Waals surface area contributed by atoms with E-state index in [4.69, 9.17) is 0 Å². The average molecular weight is 259 g/mol. The lowest BCUT2D eigenvalue weighted by Gasteiger charge is -2.07. The van der Waals surface area contributed by atoms with E-state index >= 15 is 0 Å². The largest absolute Gasteiger partial charge is 0.338 e. The van der Waals surface area contributed by atoms with E-state index in [0.29, 0.717) is 12.4 Å². The zero-order chi connectivity index (χ0) is 13.3. The van der Waals surface area contributed by atoms with Crippen LogP contribution in [0.2, 0.25) is 0 Å². The molecular weight excluding hydrogens is 242 g/mol. The quantitative estimate of drug-likeness (QED) is 0.778. The molecule has 2 heterocycles. The maximum Gasteiger partial charge on any atom is 0.320 e. The molecule has 2 amide bonds. The van der Waals surface area contributed by atoms with Crippen molar-refractivity contribution in [3.8, 4) is 0 Å². The Morgan fingerprint density at radius 1 is 1.26 bits per heavy atom. The molecule has 2 aromatic rings. The summed E-state index contributed by atoms with van der Waals surface area (Å²) in [5, 5.41) is 5.47. The number of nitrogens with zero attached hydrogens (tertiary/aromatic N) is 3. The standard InChI is InChI=1S/C13H17N5O/c19-13(17-12-5-1-2-6-15-12)16-7-3-4-9-18-10-8-14-11-18/h1-2,5-6,8,10-11H,3-4,7,9H2,(H2,15,16,17,19). The lowest BCUT2D eigenvalue weighted by molar-refractivity contribution is 0.251. The van der Waals surface area contributed by atoms with Crippen molar-refractivity contribution in [1.29, 1.82) is 0 Å². The number of urea groups is 1. The molecule has 2 aromatic heterocycles. The van der Waals surface area contributed by atoms with E-state index in [1.54, 1.807) is 30.9 Å². The van der Waals surface area contributed by atoms with Crippen molar-refractivity contribution in [2.75, 3.05) is 11.9 Å². The summed E-state index contributed by atoms with van der Waals surface area (Å²) in [6, 6.07) is 5.16. The third kappa shape index (κ3) is 4.79. The third-order valence-corrected chi connectivity index (χ3v) is 2.59. The first kappa shape index (κ1) is 13.1. The second-order valence-electron chi connectivity index (χ2n) is 4.10. The van der Waals surface area contributed by atoms with Gasteiger partial charge in [0.1, 0.15) is 5.82 Å². The topological polar surface area (TPSA) is 71.8 Å². The number of carbonyl (C=O) groups excluding carboxylic acids is 1. The molecule has 0 saturated carbocycles. The van der Waals surface area contributed by atoms with Gasteiger partial charge in [-0.2, -0.15) is 0 Å². The summed E-state index contributed by atoms with van der Waals surface area (Å²) in [5.41, 5.74) is 0. The highest BCUT2D eigenvalue weighted by molar-refractivity contribution is 5.88. The molecule has 0 aromatic carbocycles. The Balaban J connectivity index is 1.57. The van der Waals surface area contributed by atoms with E-state index in [9.17, 15) is 4.79 Å². The minimum Gasteiger partial charge on any atom is -0.338 e. The zero-order valence-electron chi connectivity index (χ0n) is 10.6. The van der Waals surface area contributed by atoms with E-state index in [1.807, 2.05) is 16.8 Å². The highest BCUT2D eigenvalue weighted by Gasteiger charge is 2.00. The van der Waals surface area contributed by atoms with Crippen LogP contribution in [0.15, 0.2) is 43.1 Å². The van der Waals surface area contributed by atoms with E-state index in [0.717, 1.165) is 19.4 Å². The van der Waals surface area contributed by atoms with E-state index < -0.39 is 0 Å². The Morgan fingerprint density at radius 3 is 2.95 bits per heavy atom. The number of nitrogens with one attached hydrogen (secondary N) is 2. The molecule has 2 N–H and O–H groups in total. The maximum absolute atomic E-state index is 11.5. The molecule has 0 atom stereocenters. The lowest BCUT2D eigenvalue weighted by atomic mass is 10.3. The number of hydrogen-bond donors (Lipinski definition) is 2. The van der Waals surface area contributed by atoms with Gasteiger partial charge in [-0.1, -0.05) is 6.07 Å². The van der Waals surface area contributed by atoms with Crippen LogP contribution in [0.3, 0.4) is 0 Å². The number of unbranched alkanes of at least 4 members (excludes halogenated alkanes) is 1. The van der Waals surface area contributed by atoms with Crippen LogP contribution in [0, 0.1) is 0 Å². The van der Waals surface area contributed by atoms with Crippen molar-refractivity contribution in [3.63, 3.8) is 0 Å². The molecule has 19 heavy (non-hydrogen) atoms. The van der Waals surface area contributed by atoms with Crippen molar-refractivity contribution >= 4 is 11.8 Å². The number of imidazole rings is 1. The number of rotatable bonds is 6. The summed E-state index contributed by atoms with van der Waals surface area (Å²) in [6.07, 6.45) is 9.05. The van der Waals surface area contributed by atoms with E-state index in [-0.39, 0.29) is 6.03 Å². The molecule has 0 spiro atoms. The fourth-order valence-corrected chi connectivity index (χ4v) is 1.64. The maximum atomic E-state index is 11.5. The third-order valence-electron chi connectivity index (χ3n) is 2.59. The first-order valence-electron chi connectivity index (χ1n) is 6.26. The van der Waals surface area contributed by atoms with Crippen molar-refractivity contribution in [3.05, 3.63) is 43.1 Å². The zero-order valence-corrected chi connectivity index (χ0v) is 10.6. The Hall–Kier alpha value is -2.37. The molecule has 2 rings (SSSR count). The predicted octanol–water partition coefficient (Wildman–Crippen LogP) is 1.88. The normalized spacial score (nSPS) is 10.1. The number of carbonyl (C=O) groups is 1. The van der Waals surface area contributed by atoms with Gasteiger partial charge < -0.3 is 9.88 Å².